The van der Waals surface area contributed by atoms with Gasteiger partial charge in [0.15, 0.2) is 11.6 Å². The summed E-state index contributed by atoms with van der Waals surface area (Å²) in [5, 5.41) is 15.9. The second-order valence-corrected chi connectivity index (χ2v) is 9.30. The van der Waals surface area contributed by atoms with Crippen LogP contribution in [0.3, 0.4) is 0 Å². The first-order valence-corrected chi connectivity index (χ1v) is 13.2. The van der Waals surface area contributed by atoms with Crippen LogP contribution in [0, 0.1) is 0 Å². The maximum absolute atomic E-state index is 14.1. The number of nitrogens with one attached hydrogen (secondary N) is 1. The Kier molecular flexibility index (Phi) is 10.1. The summed E-state index contributed by atoms with van der Waals surface area (Å²) >= 11 is 0. The molecule has 1 heterocycles. The Morgan fingerprint density at radius 2 is 1.82 bits per heavy atom. The number of carbonyl (C=O) groups excluding carboxylic acids is 1. The second kappa shape index (κ2) is 14.1. The van der Waals surface area contributed by atoms with E-state index in [0.717, 1.165) is 5.56 Å². The quantitative estimate of drug-likeness (QED) is 0.127. The zero-order chi connectivity index (χ0) is 28.2. The summed E-state index contributed by atoms with van der Waals surface area (Å²) in [5.74, 6) is 0.678. The Morgan fingerprint density at radius 1 is 1.07 bits per heavy atom. The van der Waals surface area contributed by atoms with Crippen LogP contribution in [0.5, 0.6) is 5.75 Å². The molecule has 40 heavy (non-hydrogen) atoms. The van der Waals surface area contributed by atoms with Crippen molar-refractivity contribution in [1.82, 2.24) is 5.32 Å². The van der Waals surface area contributed by atoms with Crippen LogP contribution in [-0.2, 0) is 20.7 Å². The van der Waals surface area contributed by atoms with Gasteiger partial charge in [0, 0.05) is 55.9 Å². The maximum atomic E-state index is 14.1. The molecule has 208 valence electrons. The number of hydrogen-bond acceptors (Lipinski definition) is 7. The lowest BCUT2D eigenvalue weighted by Crippen LogP contribution is -2.50. The Bertz CT molecular complexity index is 1340. The molecule has 0 spiro atoms. The van der Waals surface area contributed by atoms with Crippen molar-refractivity contribution in [3.05, 3.63) is 106 Å². The molecule has 2 N–H and O–H groups in total. The van der Waals surface area contributed by atoms with Crippen LogP contribution < -0.4 is 10.1 Å². The van der Waals surface area contributed by atoms with E-state index in [-0.39, 0.29) is 18.9 Å². The van der Waals surface area contributed by atoms with E-state index in [1.54, 1.807) is 31.4 Å². The van der Waals surface area contributed by atoms with Gasteiger partial charge in [-0.05, 0) is 47.3 Å². The van der Waals surface area contributed by atoms with Crippen molar-refractivity contribution in [1.29, 1.82) is 0 Å². The smallest absolute Gasteiger partial charge is 0.252 e. The summed E-state index contributed by atoms with van der Waals surface area (Å²) in [7, 11) is 1.62. The topological polar surface area (TPSA) is 138 Å². The van der Waals surface area contributed by atoms with Gasteiger partial charge in [0.05, 0.1) is 6.61 Å². The molecule has 0 radical (unpaired) electrons. The number of rotatable bonds is 14. The predicted molar refractivity (Wildman–Crippen MR) is 152 cm³/mol. The van der Waals surface area contributed by atoms with Gasteiger partial charge in [0.2, 0.25) is 5.90 Å². The van der Waals surface area contributed by atoms with Gasteiger partial charge in [-0.25, -0.2) is 4.99 Å². The van der Waals surface area contributed by atoms with E-state index in [0.29, 0.717) is 61.1 Å². The number of aliphatic hydroxyl groups excluding tert-OH is 1. The number of carbonyl (C=O) groups is 1. The first-order chi connectivity index (χ1) is 19.6. The minimum atomic E-state index is -1.39. The molecule has 1 aliphatic rings. The van der Waals surface area contributed by atoms with Crippen molar-refractivity contribution in [2.45, 2.75) is 30.9 Å². The van der Waals surface area contributed by atoms with Gasteiger partial charge in [0.25, 0.3) is 5.91 Å². The average molecular weight is 544 g/mol. The van der Waals surface area contributed by atoms with Crippen LogP contribution in [0.4, 0.5) is 5.69 Å². The fourth-order valence-electron chi connectivity index (χ4n) is 4.58. The molecular formula is C30H33N5O5. The van der Waals surface area contributed by atoms with Crippen LogP contribution in [-0.4, -0.2) is 55.9 Å². The third-order valence-electron chi connectivity index (χ3n) is 6.55. The maximum Gasteiger partial charge on any atom is 0.252 e. The summed E-state index contributed by atoms with van der Waals surface area (Å²) in [6, 6.07) is 23.9. The Morgan fingerprint density at radius 3 is 2.55 bits per heavy atom. The summed E-state index contributed by atoms with van der Waals surface area (Å²) in [6.07, 6.45) is 0.573. The van der Waals surface area contributed by atoms with Crippen LogP contribution >= 0.6 is 0 Å². The predicted octanol–water partition coefficient (Wildman–Crippen LogP) is 5.04. The lowest BCUT2D eigenvalue weighted by molar-refractivity contribution is -0.129. The van der Waals surface area contributed by atoms with Gasteiger partial charge in [0.1, 0.15) is 5.75 Å². The van der Waals surface area contributed by atoms with Gasteiger partial charge in [-0.1, -0.05) is 59.7 Å². The molecule has 10 heteroatoms. The Balaban J connectivity index is 1.77. The van der Waals surface area contributed by atoms with Crippen molar-refractivity contribution >= 4 is 17.5 Å². The molecule has 1 amide bonds. The molecule has 3 aromatic rings. The monoisotopic (exact) mass is 543 g/mol. The first kappa shape index (κ1) is 28.6. The molecule has 0 bridgehead atoms. The fraction of sp³-hybridized carbons (Fsp3) is 0.333. The molecule has 1 aliphatic heterocycles. The second-order valence-electron chi connectivity index (χ2n) is 9.30. The molecule has 3 aromatic carbocycles. The number of hydrogen-bond donors (Lipinski definition) is 2. The lowest BCUT2D eigenvalue weighted by Gasteiger charge is -2.31. The Labute approximate surface area is 233 Å². The average Bonchev–Trinajstić information content (AvgIpc) is 3.38. The number of methoxy groups -OCH3 is 1. The first-order valence-electron chi connectivity index (χ1n) is 13.2. The third-order valence-corrected chi connectivity index (χ3v) is 6.55. The van der Waals surface area contributed by atoms with Crippen molar-refractivity contribution in [3.8, 4) is 5.75 Å². The van der Waals surface area contributed by atoms with Gasteiger partial charge in [-0.2, -0.15) is 0 Å². The highest BCUT2D eigenvalue weighted by Gasteiger charge is 2.53. The number of ether oxygens (including phenoxy) is 3. The molecular weight excluding hydrogens is 510 g/mol. The van der Waals surface area contributed by atoms with Crippen LogP contribution in [0.2, 0.25) is 0 Å². The van der Waals surface area contributed by atoms with Gasteiger partial charge >= 0.3 is 0 Å². The normalized spacial score (nSPS) is 17.9. The van der Waals surface area contributed by atoms with E-state index in [2.05, 4.69) is 15.3 Å². The lowest BCUT2D eigenvalue weighted by atomic mass is 9.81. The number of nitrogens with zero attached hydrogens (tertiary/aromatic N) is 4. The highest BCUT2D eigenvalue weighted by atomic mass is 16.5. The molecule has 0 fully saturated rings. The number of aliphatic imine (C=N–C) groups is 1. The molecule has 0 saturated heterocycles. The highest BCUT2D eigenvalue weighted by Crippen LogP contribution is 2.43. The zero-order valence-corrected chi connectivity index (χ0v) is 22.4. The van der Waals surface area contributed by atoms with Crippen molar-refractivity contribution in [3.63, 3.8) is 0 Å². The van der Waals surface area contributed by atoms with E-state index in [1.807, 2.05) is 54.6 Å². The highest BCUT2D eigenvalue weighted by molar-refractivity contribution is 6.01. The zero-order valence-electron chi connectivity index (χ0n) is 22.4. The van der Waals surface area contributed by atoms with Crippen LogP contribution in [0.25, 0.3) is 10.4 Å². The van der Waals surface area contributed by atoms with Gasteiger partial charge < -0.3 is 24.6 Å². The third kappa shape index (κ3) is 6.79. The van der Waals surface area contributed by atoms with Crippen molar-refractivity contribution < 1.29 is 24.1 Å². The molecule has 0 unspecified atom stereocenters. The van der Waals surface area contributed by atoms with Crippen molar-refractivity contribution in [2.24, 2.45) is 10.1 Å². The number of azide groups is 1. The summed E-state index contributed by atoms with van der Waals surface area (Å²) in [6.45, 7) is 1.37. The number of aliphatic hydroxyl groups is 1. The van der Waals surface area contributed by atoms with E-state index < -0.39 is 11.6 Å². The van der Waals surface area contributed by atoms with E-state index in [1.165, 1.54) is 0 Å². The SMILES string of the molecule is COCCCNC(=O)[C@@]1(Cc2ccccc2N=[N+]=[N-])N=C(c2ccc(OCCCO)cc2)O[C@H]1c1ccccc1. The minimum absolute atomic E-state index is 0.0576. The number of amides is 1. The largest absolute Gasteiger partial charge is 0.494 e. The molecule has 0 saturated carbocycles. The van der Waals surface area contributed by atoms with E-state index in [4.69, 9.17) is 29.8 Å². The van der Waals surface area contributed by atoms with E-state index >= 15 is 0 Å². The number of benzene rings is 3. The molecule has 2 atom stereocenters. The summed E-state index contributed by atoms with van der Waals surface area (Å²) in [5.41, 5.74) is 10.3. The van der Waals surface area contributed by atoms with Crippen molar-refractivity contribution in [2.75, 3.05) is 33.5 Å². The van der Waals surface area contributed by atoms with Gasteiger partial charge in [-0.3, -0.25) is 4.79 Å². The Hall–Kier alpha value is -4.37. The standard InChI is InChI=1S/C30H33N5O5/c1-38-19-7-17-32-29(37)30(21-24-11-5-6-12-26(24)34-35-31)27(22-9-3-2-4-10-22)40-28(33-30)23-13-15-25(16-14-23)39-20-8-18-36/h2-6,9-16,27,36H,7-8,17-21H2,1H3,(H,32,37)/t27-,30-/m0/s1. The van der Waals surface area contributed by atoms with Gasteiger partial charge in [-0.15, -0.1) is 0 Å². The minimum Gasteiger partial charge on any atom is -0.494 e. The van der Waals surface area contributed by atoms with Crippen LogP contribution in [0.15, 0.2) is 89.0 Å². The molecule has 0 aliphatic carbocycles. The summed E-state index contributed by atoms with van der Waals surface area (Å²) in [4.78, 5) is 22.0. The fourth-order valence-corrected chi connectivity index (χ4v) is 4.58. The molecule has 4 rings (SSSR count). The van der Waals surface area contributed by atoms with Crippen LogP contribution in [0.1, 0.15) is 35.6 Å². The molecule has 0 aromatic heterocycles. The molecule has 10 nitrogen and oxygen atoms in total. The van der Waals surface area contributed by atoms with E-state index in [9.17, 15) is 4.79 Å². The summed E-state index contributed by atoms with van der Waals surface area (Å²) < 4.78 is 17.3.